The first-order valence-corrected chi connectivity index (χ1v) is 9.01. The number of carbonyl (C=O) groups excluding carboxylic acids is 1. The van der Waals surface area contributed by atoms with Crippen LogP contribution in [-0.2, 0) is 13.1 Å². The molecule has 2 heterocycles. The molecule has 0 N–H and O–H groups in total. The molecule has 0 bridgehead atoms. The number of nitrogens with zero attached hydrogens (tertiary/aromatic N) is 3. The third kappa shape index (κ3) is 4.35. The van der Waals surface area contributed by atoms with Gasteiger partial charge in [-0.25, -0.2) is 14.8 Å². The van der Waals surface area contributed by atoms with E-state index in [1.165, 1.54) is 17.0 Å². The third-order valence-corrected chi connectivity index (χ3v) is 4.57. The molecule has 0 radical (unpaired) electrons. The van der Waals surface area contributed by atoms with Gasteiger partial charge in [0.15, 0.2) is 0 Å². The summed E-state index contributed by atoms with van der Waals surface area (Å²) in [6, 6.07) is 10.9. The molecule has 0 atom stereocenters. The van der Waals surface area contributed by atoms with Gasteiger partial charge in [0.05, 0.1) is 13.1 Å². The molecule has 0 fully saturated rings. The third-order valence-electron chi connectivity index (χ3n) is 4.57. The van der Waals surface area contributed by atoms with Gasteiger partial charge in [-0.15, -0.1) is 13.2 Å². The fourth-order valence-corrected chi connectivity index (χ4v) is 3.22. The van der Waals surface area contributed by atoms with E-state index in [-0.39, 0.29) is 12.3 Å². The van der Waals surface area contributed by atoms with E-state index >= 15 is 0 Å². The van der Waals surface area contributed by atoms with Gasteiger partial charge >= 0.3 is 12.5 Å². The second-order valence-corrected chi connectivity index (χ2v) is 6.74. The summed E-state index contributed by atoms with van der Waals surface area (Å²) in [5, 5.41) is 0. The highest BCUT2D eigenvalue weighted by Crippen LogP contribution is 2.35. The zero-order valence-electron chi connectivity index (χ0n) is 15.8. The van der Waals surface area contributed by atoms with Crippen LogP contribution in [0.4, 0.5) is 18.0 Å². The average molecular weight is 415 g/mol. The first kappa shape index (κ1) is 19.7. The number of aryl methyl sites for hydroxylation is 1. The summed E-state index contributed by atoms with van der Waals surface area (Å²) in [5.41, 5.74) is 3.15. The number of ether oxygens (including phenoxy) is 2. The molecule has 0 spiro atoms. The second kappa shape index (κ2) is 7.66. The molecule has 154 valence electrons. The molecule has 6 nitrogen and oxygen atoms in total. The van der Waals surface area contributed by atoms with Crippen LogP contribution < -0.4 is 9.47 Å². The van der Waals surface area contributed by atoms with Crippen molar-refractivity contribution < 1.29 is 27.4 Å². The molecule has 30 heavy (non-hydrogen) atoms. The van der Waals surface area contributed by atoms with Crippen LogP contribution in [0.3, 0.4) is 0 Å². The van der Waals surface area contributed by atoms with Crippen LogP contribution in [-0.4, -0.2) is 27.3 Å². The Balaban J connectivity index is 1.59. The van der Waals surface area contributed by atoms with Crippen molar-refractivity contribution in [3.05, 3.63) is 71.8 Å². The summed E-state index contributed by atoms with van der Waals surface area (Å²) in [6.07, 6.45) is -2.03. The summed E-state index contributed by atoms with van der Waals surface area (Å²) in [5.74, 6) is 0.666. The quantitative estimate of drug-likeness (QED) is 0.609. The highest BCUT2D eigenvalue weighted by Gasteiger charge is 2.31. The fraction of sp³-hybridized carbons (Fsp3) is 0.190. The molecule has 4 rings (SSSR count). The first-order valence-electron chi connectivity index (χ1n) is 9.01. The smallest absolute Gasteiger partial charge is 0.410 e. The van der Waals surface area contributed by atoms with E-state index in [4.69, 9.17) is 4.74 Å². The molecular formula is C21H16F3N3O3. The van der Waals surface area contributed by atoms with Gasteiger partial charge in [-0.3, -0.25) is 4.90 Å². The monoisotopic (exact) mass is 415 g/mol. The van der Waals surface area contributed by atoms with Crippen molar-refractivity contribution in [1.82, 2.24) is 14.9 Å². The van der Waals surface area contributed by atoms with Crippen molar-refractivity contribution in [3.8, 4) is 22.6 Å². The molecule has 1 aliphatic heterocycles. The van der Waals surface area contributed by atoms with E-state index in [1.807, 2.05) is 13.0 Å². The van der Waals surface area contributed by atoms with Crippen LogP contribution in [0.25, 0.3) is 11.1 Å². The molecule has 0 aliphatic carbocycles. The zero-order valence-corrected chi connectivity index (χ0v) is 15.8. The summed E-state index contributed by atoms with van der Waals surface area (Å²) in [7, 11) is 0. The lowest BCUT2D eigenvalue weighted by molar-refractivity contribution is -0.274. The van der Waals surface area contributed by atoms with Crippen molar-refractivity contribution in [1.29, 1.82) is 0 Å². The van der Waals surface area contributed by atoms with Crippen LogP contribution in [0.1, 0.15) is 17.0 Å². The normalized spacial score (nSPS) is 13.6. The Labute approximate surface area is 169 Å². The number of rotatable bonds is 4. The highest BCUT2D eigenvalue weighted by atomic mass is 19.4. The lowest BCUT2D eigenvalue weighted by Gasteiger charge is -2.28. The number of fused-ring (bicyclic) bond motifs is 1. The number of halogens is 3. The minimum Gasteiger partial charge on any atom is -0.410 e. The Kier molecular flexibility index (Phi) is 5.03. The minimum absolute atomic E-state index is 0.200. The number of amides is 1. The van der Waals surface area contributed by atoms with Crippen molar-refractivity contribution in [2.45, 2.75) is 26.4 Å². The molecular weight excluding hydrogens is 399 g/mol. The van der Waals surface area contributed by atoms with Gasteiger partial charge in [-0.2, -0.15) is 0 Å². The van der Waals surface area contributed by atoms with Gasteiger partial charge in [0, 0.05) is 18.0 Å². The maximum Gasteiger partial charge on any atom is 0.573 e. The maximum atomic E-state index is 12.4. The predicted molar refractivity (Wildman–Crippen MR) is 101 cm³/mol. The second-order valence-electron chi connectivity index (χ2n) is 6.74. The van der Waals surface area contributed by atoms with Gasteiger partial charge in [0.25, 0.3) is 0 Å². The number of alkyl halides is 3. The van der Waals surface area contributed by atoms with Gasteiger partial charge in [0.2, 0.25) is 0 Å². The largest absolute Gasteiger partial charge is 0.573 e. The van der Waals surface area contributed by atoms with Gasteiger partial charge in [-0.05, 0) is 53.9 Å². The molecule has 2 aromatic carbocycles. The number of benzene rings is 2. The molecule has 0 unspecified atom stereocenters. The number of aromatic nitrogens is 2. The summed E-state index contributed by atoms with van der Waals surface area (Å²) >= 11 is 0. The summed E-state index contributed by atoms with van der Waals surface area (Å²) in [6.45, 7) is 2.34. The lowest BCUT2D eigenvalue weighted by Crippen LogP contribution is -2.37. The van der Waals surface area contributed by atoms with E-state index in [9.17, 15) is 18.0 Å². The molecule has 9 heteroatoms. The predicted octanol–water partition coefficient (Wildman–Crippen LogP) is 4.87. The van der Waals surface area contributed by atoms with Crippen LogP contribution in [0, 0.1) is 6.92 Å². The topological polar surface area (TPSA) is 64.5 Å². The maximum absolute atomic E-state index is 12.4. The Morgan fingerprint density at radius 3 is 2.50 bits per heavy atom. The highest BCUT2D eigenvalue weighted by molar-refractivity contribution is 5.76. The standard InChI is InChI=1S/C21H16F3N3O3/c1-13-9-18-15(11-27(20(28)29-18)12-19-25-7-2-8-26-19)10-17(13)14-3-5-16(6-4-14)30-21(22,23)24/h2-10H,11-12H2,1H3. The lowest BCUT2D eigenvalue weighted by atomic mass is 9.96. The summed E-state index contributed by atoms with van der Waals surface area (Å²) < 4.78 is 46.5. The Hall–Kier alpha value is -3.62. The van der Waals surface area contributed by atoms with Crippen LogP contribution in [0.2, 0.25) is 0 Å². The van der Waals surface area contributed by atoms with E-state index in [2.05, 4.69) is 14.7 Å². The van der Waals surface area contributed by atoms with Crippen molar-refractivity contribution in [2.75, 3.05) is 0 Å². The Morgan fingerprint density at radius 2 is 1.83 bits per heavy atom. The van der Waals surface area contributed by atoms with Crippen LogP contribution in [0.5, 0.6) is 11.5 Å². The SMILES string of the molecule is Cc1cc2c(cc1-c1ccc(OC(F)(F)F)cc1)CN(Cc1ncccn1)C(=O)O2. The first-order chi connectivity index (χ1) is 14.3. The van der Waals surface area contributed by atoms with Gasteiger partial charge in [0.1, 0.15) is 17.3 Å². The molecule has 1 aromatic heterocycles. The van der Waals surface area contributed by atoms with E-state index < -0.39 is 12.5 Å². The van der Waals surface area contributed by atoms with Crippen LogP contribution in [0.15, 0.2) is 54.9 Å². The van der Waals surface area contributed by atoms with E-state index in [0.29, 0.717) is 18.1 Å². The van der Waals surface area contributed by atoms with Crippen molar-refractivity contribution >= 4 is 6.09 Å². The van der Waals surface area contributed by atoms with E-state index in [0.717, 1.165) is 22.3 Å². The Morgan fingerprint density at radius 1 is 1.13 bits per heavy atom. The number of hydrogen-bond acceptors (Lipinski definition) is 5. The van der Waals surface area contributed by atoms with E-state index in [1.54, 1.807) is 36.7 Å². The van der Waals surface area contributed by atoms with Crippen molar-refractivity contribution in [2.24, 2.45) is 0 Å². The molecule has 0 saturated carbocycles. The molecule has 0 saturated heterocycles. The van der Waals surface area contributed by atoms with Crippen molar-refractivity contribution in [3.63, 3.8) is 0 Å². The number of hydrogen-bond donors (Lipinski definition) is 0. The van der Waals surface area contributed by atoms with Gasteiger partial charge < -0.3 is 9.47 Å². The Bertz CT molecular complexity index is 1070. The molecule has 1 aliphatic rings. The molecule has 1 amide bonds. The zero-order chi connectivity index (χ0) is 21.3. The fourth-order valence-electron chi connectivity index (χ4n) is 3.22. The summed E-state index contributed by atoms with van der Waals surface area (Å²) in [4.78, 5) is 22.1. The minimum atomic E-state index is -4.74. The average Bonchev–Trinajstić information content (AvgIpc) is 2.69. The van der Waals surface area contributed by atoms with Crippen LogP contribution >= 0.6 is 0 Å². The number of carbonyl (C=O) groups is 1. The van der Waals surface area contributed by atoms with Gasteiger partial charge in [-0.1, -0.05) is 12.1 Å². The molecule has 3 aromatic rings.